The molecule has 0 bridgehead atoms. The fraction of sp³-hybridized carbons (Fsp3) is 0.600. The molecule has 0 radical (unpaired) electrons. The summed E-state index contributed by atoms with van der Waals surface area (Å²) in [4.78, 5) is 0. The molecule has 1 N–H and O–H groups in total. The first-order valence-electron chi connectivity index (χ1n) is 6.93. The molecule has 0 aliphatic heterocycles. The highest BCUT2D eigenvalue weighted by Crippen LogP contribution is 2.18. The van der Waals surface area contributed by atoms with E-state index in [0.717, 1.165) is 12.8 Å². The number of rotatable bonds is 3. The lowest BCUT2D eigenvalue weighted by Crippen LogP contribution is -2.30. The molecule has 1 aliphatic carbocycles. The van der Waals surface area contributed by atoms with E-state index in [2.05, 4.69) is 5.32 Å². The number of hydrogen-bond donors (Lipinski definition) is 1. The van der Waals surface area contributed by atoms with Crippen LogP contribution in [0.5, 0.6) is 0 Å². The highest BCUT2D eigenvalue weighted by atomic mass is 19.1. The second-order valence-electron chi connectivity index (χ2n) is 5.12. The average Bonchev–Trinajstić information content (AvgIpc) is 2.30. The Balaban J connectivity index is 1.89. The van der Waals surface area contributed by atoms with E-state index in [1.165, 1.54) is 50.3 Å². The monoisotopic (exact) mass is 253 g/mol. The summed E-state index contributed by atoms with van der Waals surface area (Å²) in [6.07, 6.45) is 8.58. The van der Waals surface area contributed by atoms with Crippen molar-refractivity contribution in [2.45, 2.75) is 57.5 Å². The summed E-state index contributed by atoms with van der Waals surface area (Å²) in [5, 5.41) is 3.31. The Kier molecular flexibility index (Phi) is 5.12. The molecule has 18 heavy (non-hydrogen) atoms. The zero-order chi connectivity index (χ0) is 12.8. The summed E-state index contributed by atoms with van der Waals surface area (Å²) in [6.45, 7) is 0.295. The van der Waals surface area contributed by atoms with Gasteiger partial charge in [-0.15, -0.1) is 0 Å². The Bertz CT molecular complexity index is 351. The minimum absolute atomic E-state index is 0.166. The van der Waals surface area contributed by atoms with Gasteiger partial charge in [0.2, 0.25) is 0 Å². The van der Waals surface area contributed by atoms with Crippen LogP contribution < -0.4 is 5.32 Å². The standard InChI is InChI=1S/C15H21F2N/c16-14-9-6-10-15(17)13(14)11-18-12-7-4-2-1-3-5-8-12/h6,9-10,12,18H,1-5,7-8,11H2. The number of benzene rings is 1. The number of hydrogen-bond acceptors (Lipinski definition) is 1. The largest absolute Gasteiger partial charge is 0.310 e. The van der Waals surface area contributed by atoms with E-state index in [1.54, 1.807) is 0 Å². The van der Waals surface area contributed by atoms with Crippen LogP contribution in [0.15, 0.2) is 18.2 Å². The Labute approximate surface area is 108 Å². The van der Waals surface area contributed by atoms with Crippen LogP contribution in [0.4, 0.5) is 8.78 Å². The van der Waals surface area contributed by atoms with Crippen LogP contribution >= 0.6 is 0 Å². The second-order valence-corrected chi connectivity index (χ2v) is 5.12. The maximum atomic E-state index is 13.5. The van der Waals surface area contributed by atoms with Gasteiger partial charge in [0.1, 0.15) is 11.6 Å². The molecule has 1 aromatic carbocycles. The predicted octanol–water partition coefficient (Wildman–Crippen LogP) is 4.17. The molecule has 0 saturated heterocycles. The highest BCUT2D eigenvalue weighted by molar-refractivity contribution is 5.19. The maximum absolute atomic E-state index is 13.5. The molecule has 1 aromatic rings. The molecule has 3 heteroatoms. The predicted molar refractivity (Wildman–Crippen MR) is 69.3 cm³/mol. The molecule has 0 unspecified atom stereocenters. The first-order chi connectivity index (χ1) is 8.77. The van der Waals surface area contributed by atoms with Crippen molar-refractivity contribution in [2.75, 3.05) is 0 Å². The van der Waals surface area contributed by atoms with Crippen molar-refractivity contribution in [3.63, 3.8) is 0 Å². The quantitative estimate of drug-likeness (QED) is 0.852. The number of halogens is 2. The molecule has 0 atom stereocenters. The molecular weight excluding hydrogens is 232 g/mol. The first kappa shape index (κ1) is 13.5. The smallest absolute Gasteiger partial charge is 0.130 e. The molecule has 1 fully saturated rings. The van der Waals surface area contributed by atoms with Gasteiger partial charge in [-0.25, -0.2) is 8.78 Å². The van der Waals surface area contributed by atoms with E-state index in [-0.39, 0.29) is 5.56 Å². The summed E-state index contributed by atoms with van der Waals surface area (Å²) in [7, 11) is 0. The van der Waals surface area contributed by atoms with Crippen molar-refractivity contribution in [3.8, 4) is 0 Å². The van der Waals surface area contributed by atoms with Crippen molar-refractivity contribution in [1.82, 2.24) is 5.32 Å². The Morgan fingerprint density at radius 3 is 2.11 bits per heavy atom. The SMILES string of the molecule is Fc1cccc(F)c1CNC1CCCCCCC1. The van der Waals surface area contributed by atoms with Crippen LogP contribution in [0.3, 0.4) is 0 Å². The fourth-order valence-electron chi connectivity index (χ4n) is 2.61. The number of nitrogens with one attached hydrogen (secondary N) is 1. The first-order valence-corrected chi connectivity index (χ1v) is 6.93. The lowest BCUT2D eigenvalue weighted by atomic mass is 9.96. The highest BCUT2D eigenvalue weighted by Gasteiger charge is 2.13. The summed E-state index contributed by atoms with van der Waals surface area (Å²) < 4.78 is 26.9. The second kappa shape index (κ2) is 6.83. The maximum Gasteiger partial charge on any atom is 0.130 e. The summed E-state index contributed by atoms with van der Waals surface area (Å²) >= 11 is 0. The van der Waals surface area contributed by atoms with Gasteiger partial charge in [0.05, 0.1) is 0 Å². The molecular formula is C15H21F2N. The third-order valence-corrected chi connectivity index (χ3v) is 3.73. The van der Waals surface area contributed by atoms with Crippen molar-refractivity contribution < 1.29 is 8.78 Å². The van der Waals surface area contributed by atoms with Gasteiger partial charge < -0.3 is 5.32 Å². The van der Waals surface area contributed by atoms with Crippen LogP contribution in [0.2, 0.25) is 0 Å². The van der Waals surface area contributed by atoms with E-state index >= 15 is 0 Å². The molecule has 1 aliphatic rings. The van der Waals surface area contributed by atoms with Crippen molar-refractivity contribution >= 4 is 0 Å². The van der Waals surface area contributed by atoms with E-state index in [9.17, 15) is 8.78 Å². The lowest BCUT2D eigenvalue weighted by Gasteiger charge is -2.21. The van der Waals surface area contributed by atoms with Crippen LogP contribution in [0.25, 0.3) is 0 Å². The third kappa shape index (κ3) is 3.77. The molecule has 2 rings (SSSR count). The molecule has 0 amide bonds. The van der Waals surface area contributed by atoms with Gasteiger partial charge in [0.15, 0.2) is 0 Å². The van der Waals surface area contributed by atoms with Gasteiger partial charge in [-0.2, -0.15) is 0 Å². The third-order valence-electron chi connectivity index (χ3n) is 3.73. The fourth-order valence-corrected chi connectivity index (χ4v) is 2.61. The van der Waals surface area contributed by atoms with E-state index < -0.39 is 11.6 Å². The van der Waals surface area contributed by atoms with Gasteiger partial charge in [0.25, 0.3) is 0 Å². The van der Waals surface area contributed by atoms with E-state index in [4.69, 9.17) is 0 Å². The van der Waals surface area contributed by atoms with Crippen LogP contribution in [-0.4, -0.2) is 6.04 Å². The van der Waals surface area contributed by atoms with Gasteiger partial charge in [-0.3, -0.25) is 0 Å². The topological polar surface area (TPSA) is 12.0 Å². The van der Waals surface area contributed by atoms with Gasteiger partial charge in [0, 0.05) is 18.2 Å². The molecule has 0 spiro atoms. The van der Waals surface area contributed by atoms with Gasteiger partial charge in [-0.05, 0) is 25.0 Å². The minimum atomic E-state index is -0.451. The van der Waals surface area contributed by atoms with Crippen molar-refractivity contribution in [1.29, 1.82) is 0 Å². The molecule has 100 valence electrons. The van der Waals surface area contributed by atoms with Crippen molar-refractivity contribution in [3.05, 3.63) is 35.4 Å². The van der Waals surface area contributed by atoms with Gasteiger partial charge in [-0.1, -0.05) is 38.2 Å². The van der Waals surface area contributed by atoms with Crippen LogP contribution in [0.1, 0.15) is 50.5 Å². The molecule has 0 heterocycles. The lowest BCUT2D eigenvalue weighted by molar-refractivity contribution is 0.383. The van der Waals surface area contributed by atoms with E-state index in [1.807, 2.05) is 0 Å². The summed E-state index contributed by atoms with van der Waals surface area (Å²) in [5.41, 5.74) is 0.166. The van der Waals surface area contributed by atoms with Crippen LogP contribution in [-0.2, 0) is 6.54 Å². The average molecular weight is 253 g/mol. The molecule has 1 nitrogen and oxygen atoms in total. The normalized spacial score (nSPS) is 18.3. The van der Waals surface area contributed by atoms with E-state index in [0.29, 0.717) is 12.6 Å². The molecule has 0 aromatic heterocycles. The van der Waals surface area contributed by atoms with Crippen molar-refractivity contribution in [2.24, 2.45) is 0 Å². The Morgan fingerprint density at radius 1 is 0.944 bits per heavy atom. The van der Waals surface area contributed by atoms with Crippen LogP contribution in [0, 0.1) is 11.6 Å². The summed E-state index contributed by atoms with van der Waals surface area (Å²) in [6, 6.07) is 4.45. The zero-order valence-corrected chi connectivity index (χ0v) is 10.7. The molecule has 1 saturated carbocycles. The van der Waals surface area contributed by atoms with Gasteiger partial charge >= 0.3 is 0 Å². The Hall–Kier alpha value is -0.960. The summed E-state index contributed by atoms with van der Waals surface area (Å²) in [5.74, 6) is -0.901. The Morgan fingerprint density at radius 2 is 1.50 bits per heavy atom. The minimum Gasteiger partial charge on any atom is -0.310 e. The zero-order valence-electron chi connectivity index (χ0n) is 10.7.